The van der Waals surface area contributed by atoms with Crippen molar-refractivity contribution >= 4 is 17.4 Å². The molecule has 0 unspecified atom stereocenters. The lowest BCUT2D eigenvalue weighted by molar-refractivity contribution is 0.100. The maximum atomic E-state index is 16.0. The lowest BCUT2D eigenvalue weighted by Crippen LogP contribution is -2.18. The summed E-state index contributed by atoms with van der Waals surface area (Å²) >= 11 is 0. The van der Waals surface area contributed by atoms with Crippen molar-refractivity contribution in [3.05, 3.63) is 114 Å². The molecule has 3 aromatic carbocycles. The number of hydrogen-bond donors (Lipinski definition) is 3. The van der Waals surface area contributed by atoms with E-state index in [0.717, 1.165) is 0 Å². The number of carbonyl (C=O) groups excluding carboxylic acids is 1. The summed E-state index contributed by atoms with van der Waals surface area (Å²) in [6.07, 6.45) is 3.07. The number of anilines is 1. The van der Waals surface area contributed by atoms with Crippen LogP contribution < -0.4 is 25.3 Å². The maximum Gasteiger partial charge on any atom is 0.322 e. The Hall–Kier alpha value is -5.89. The van der Waals surface area contributed by atoms with Crippen molar-refractivity contribution in [2.45, 2.75) is 6.04 Å². The molecule has 0 aliphatic heterocycles. The van der Waals surface area contributed by atoms with Gasteiger partial charge in [0.15, 0.2) is 17.4 Å². The highest BCUT2D eigenvalue weighted by atomic mass is 19.1. The van der Waals surface area contributed by atoms with Gasteiger partial charge in [0.25, 0.3) is 11.9 Å². The zero-order valence-corrected chi connectivity index (χ0v) is 24.3. The monoisotopic (exact) mass is 612 g/mol. The molecule has 0 bridgehead atoms. The quantitative estimate of drug-likeness (QED) is 0.139. The largest absolute Gasteiger partial charge is 0.497 e. The number of ether oxygens (including phenoxy) is 3. The summed E-state index contributed by atoms with van der Waals surface area (Å²) in [6, 6.07) is 18.8. The Labute approximate surface area is 257 Å². The van der Waals surface area contributed by atoms with E-state index in [1.807, 2.05) is 0 Å². The molecule has 1 amide bonds. The molecule has 0 radical (unpaired) electrons. The molecule has 4 N–H and O–H groups in total. The third-order valence-electron chi connectivity index (χ3n) is 6.45. The fourth-order valence-electron chi connectivity index (χ4n) is 4.28. The summed E-state index contributed by atoms with van der Waals surface area (Å²) in [5.41, 5.74) is 7.64. The summed E-state index contributed by atoms with van der Waals surface area (Å²) in [5, 5.41) is 17.1. The number of methoxy groups -OCH3 is 2. The van der Waals surface area contributed by atoms with Crippen LogP contribution in [-0.4, -0.2) is 69.0 Å². The molecule has 0 saturated heterocycles. The minimum atomic E-state index is -1.02. The summed E-state index contributed by atoms with van der Waals surface area (Å²) < 4.78 is 33.6. The molecule has 0 aliphatic carbocycles. The van der Waals surface area contributed by atoms with Crippen LogP contribution in [-0.2, 0) is 0 Å². The standard InChI is InChI=1S/C31H29FN8O5/c1-43-22-17-23(25(32)24(18-22)45-16-15-41)26(28-38-31(44-2)40(39-28)30-34-13-6-14-35-30)36-21-11-9-19(10-12-21)27(33)37-29(42)20-7-4-3-5-8-20/h3-14,17-18,26,36,41H,15-16H2,1-2H3,(H2,33,37,42)/t26-/m1/s1. The van der Waals surface area contributed by atoms with Gasteiger partial charge in [0.2, 0.25) is 0 Å². The van der Waals surface area contributed by atoms with Crippen LogP contribution in [0.5, 0.6) is 17.5 Å². The zero-order chi connectivity index (χ0) is 31.8. The van der Waals surface area contributed by atoms with E-state index in [2.05, 4.69) is 30.4 Å². The van der Waals surface area contributed by atoms with Gasteiger partial charge in [0.05, 0.1) is 20.8 Å². The van der Waals surface area contributed by atoms with Crippen molar-refractivity contribution in [2.75, 3.05) is 32.8 Å². The number of rotatable bonds is 12. The number of hydrogen-bond acceptors (Lipinski definition) is 10. The van der Waals surface area contributed by atoms with E-state index >= 15 is 4.39 Å². The summed E-state index contributed by atoms with van der Waals surface area (Å²) in [7, 11) is 2.85. The molecule has 0 spiro atoms. The van der Waals surface area contributed by atoms with Crippen LogP contribution in [0.25, 0.3) is 5.95 Å². The minimum Gasteiger partial charge on any atom is -0.497 e. The number of nitrogens with zero attached hydrogens (tertiary/aromatic N) is 6. The van der Waals surface area contributed by atoms with Gasteiger partial charge in [-0.25, -0.2) is 14.4 Å². The van der Waals surface area contributed by atoms with Crippen molar-refractivity contribution in [1.82, 2.24) is 24.7 Å². The Morgan fingerprint density at radius 1 is 1.02 bits per heavy atom. The fraction of sp³-hybridized carbons (Fsp3) is 0.161. The molecule has 13 nitrogen and oxygen atoms in total. The van der Waals surface area contributed by atoms with E-state index in [1.165, 1.54) is 43.4 Å². The number of carbonyl (C=O) groups is 1. The normalized spacial score (nSPS) is 12.0. The molecule has 45 heavy (non-hydrogen) atoms. The van der Waals surface area contributed by atoms with Gasteiger partial charge >= 0.3 is 6.01 Å². The van der Waals surface area contributed by atoms with Crippen molar-refractivity contribution in [3.8, 4) is 23.5 Å². The number of aliphatic hydroxyl groups is 1. The highest BCUT2D eigenvalue weighted by Crippen LogP contribution is 2.36. The maximum absolute atomic E-state index is 16.0. The van der Waals surface area contributed by atoms with Gasteiger partial charge < -0.3 is 30.4 Å². The number of aliphatic imine (C=N–C) groups is 1. The molecule has 0 fully saturated rings. The van der Waals surface area contributed by atoms with E-state index in [1.54, 1.807) is 60.7 Å². The second kappa shape index (κ2) is 14.1. The van der Waals surface area contributed by atoms with E-state index in [-0.39, 0.29) is 48.1 Å². The van der Waals surface area contributed by atoms with Crippen LogP contribution in [0.15, 0.2) is 90.2 Å². The van der Waals surface area contributed by atoms with Gasteiger partial charge in [0.1, 0.15) is 24.2 Å². The number of halogens is 1. The van der Waals surface area contributed by atoms with Crippen LogP contribution in [0.2, 0.25) is 0 Å². The number of aromatic nitrogens is 5. The molecular weight excluding hydrogens is 583 g/mol. The Morgan fingerprint density at radius 2 is 1.76 bits per heavy atom. The first-order valence-corrected chi connectivity index (χ1v) is 13.6. The number of amidine groups is 1. The molecule has 14 heteroatoms. The van der Waals surface area contributed by atoms with Crippen molar-refractivity contribution < 1.29 is 28.5 Å². The van der Waals surface area contributed by atoms with Gasteiger partial charge in [-0.2, -0.15) is 9.98 Å². The van der Waals surface area contributed by atoms with Gasteiger partial charge in [0, 0.05) is 40.8 Å². The fourth-order valence-corrected chi connectivity index (χ4v) is 4.28. The molecule has 2 heterocycles. The van der Waals surface area contributed by atoms with E-state index in [4.69, 9.17) is 19.9 Å². The number of nitrogens with two attached hydrogens (primary N) is 1. The van der Waals surface area contributed by atoms with E-state index < -0.39 is 17.8 Å². The molecule has 0 saturated carbocycles. The van der Waals surface area contributed by atoms with Gasteiger partial charge in [-0.05, 0) is 48.5 Å². The molecule has 1 atom stereocenters. The third-order valence-corrected chi connectivity index (χ3v) is 6.45. The molecule has 0 aliphatic rings. The van der Waals surface area contributed by atoms with Crippen molar-refractivity contribution in [1.29, 1.82) is 0 Å². The number of amides is 1. The lowest BCUT2D eigenvalue weighted by Gasteiger charge is -2.21. The van der Waals surface area contributed by atoms with Crippen molar-refractivity contribution in [3.63, 3.8) is 0 Å². The summed E-state index contributed by atoms with van der Waals surface area (Å²) in [4.78, 5) is 29.4. The van der Waals surface area contributed by atoms with Gasteiger partial charge in [-0.3, -0.25) is 4.79 Å². The van der Waals surface area contributed by atoms with Crippen LogP contribution in [0.4, 0.5) is 10.1 Å². The van der Waals surface area contributed by atoms with Crippen LogP contribution in [0.3, 0.4) is 0 Å². The topological polar surface area (TPSA) is 172 Å². The number of benzene rings is 3. The Bertz CT molecular complexity index is 1780. The summed E-state index contributed by atoms with van der Waals surface area (Å²) in [5.74, 6) is -0.699. The van der Waals surface area contributed by atoms with E-state index in [9.17, 15) is 9.90 Å². The SMILES string of the molecule is COc1cc(OCCO)c(F)c([C@@H](Nc2ccc(C(N)=NC(=O)c3ccccc3)cc2)c2nc(OC)n(-c3ncccn3)n2)c1. The minimum absolute atomic E-state index is 0.0319. The molecule has 2 aromatic heterocycles. The van der Waals surface area contributed by atoms with Crippen LogP contribution in [0.1, 0.15) is 33.4 Å². The summed E-state index contributed by atoms with van der Waals surface area (Å²) in [6.45, 7) is -0.450. The molecule has 5 aromatic rings. The first-order chi connectivity index (χ1) is 21.9. The predicted octanol–water partition coefficient (Wildman–Crippen LogP) is 3.33. The zero-order valence-electron chi connectivity index (χ0n) is 24.3. The van der Waals surface area contributed by atoms with E-state index in [0.29, 0.717) is 22.6 Å². The van der Waals surface area contributed by atoms with Crippen LogP contribution >= 0.6 is 0 Å². The average molecular weight is 613 g/mol. The lowest BCUT2D eigenvalue weighted by atomic mass is 10.0. The molecule has 230 valence electrons. The highest BCUT2D eigenvalue weighted by molar-refractivity contribution is 6.08. The smallest absolute Gasteiger partial charge is 0.322 e. The Morgan fingerprint density at radius 3 is 2.42 bits per heavy atom. The highest BCUT2D eigenvalue weighted by Gasteiger charge is 2.28. The molecular formula is C31H29FN8O5. The third kappa shape index (κ3) is 7.02. The first kappa shape index (κ1) is 30.6. The van der Waals surface area contributed by atoms with Gasteiger partial charge in [-0.15, -0.1) is 9.78 Å². The second-order valence-corrected chi connectivity index (χ2v) is 9.34. The Kier molecular flexibility index (Phi) is 9.55. The number of aliphatic hydroxyl groups excluding tert-OH is 1. The average Bonchev–Trinajstić information content (AvgIpc) is 3.52. The van der Waals surface area contributed by atoms with Crippen LogP contribution in [0, 0.1) is 5.82 Å². The first-order valence-electron chi connectivity index (χ1n) is 13.6. The molecule has 5 rings (SSSR count). The van der Waals surface area contributed by atoms with Gasteiger partial charge in [-0.1, -0.05) is 18.2 Å². The van der Waals surface area contributed by atoms with Crippen molar-refractivity contribution in [2.24, 2.45) is 10.7 Å². The predicted molar refractivity (Wildman–Crippen MR) is 162 cm³/mol. The second-order valence-electron chi connectivity index (χ2n) is 9.34. The number of nitrogens with one attached hydrogen (secondary N) is 1. The Balaban J connectivity index is 1.53.